The Morgan fingerprint density at radius 1 is 1.46 bits per heavy atom. The molecule has 0 saturated heterocycles. The molecule has 2 heterocycles. The van der Waals surface area contributed by atoms with E-state index in [0.29, 0.717) is 6.42 Å². The lowest BCUT2D eigenvalue weighted by atomic mass is 10.3. The molecule has 0 amide bonds. The van der Waals surface area contributed by atoms with E-state index in [1.54, 1.807) is 18.6 Å². The number of imidazole rings is 1. The predicted octanol–water partition coefficient (Wildman–Crippen LogP) is 0.861. The molecule has 13 heavy (non-hydrogen) atoms. The fourth-order valence-corrected chi connectivity index (χ4v) is 1.29. The van der Waals surface area contributed by atoms with Crippen LogP contribution in [-0.4, -0.2) is 20.7 Å². The summed E-state index contributed by atoms with van der Waals surface area (Å²) < 4.78 is 1.94. The molecule has 66 valence electrons. The van der Waals surface area contributed by atoms with Crippen LogP contribution in [0.2, 0.25) is 0 Å². The minimum atomic E-state index is 0.538. The zero-order valence-electron chi connectivity index (χ0n) is 7.05. The number of carbonyl (C=O) groups excluding carboxylic acids is 1. The van der Waals surface area contributed by atoms with Gasteiger partial charge in [0.25, 0.3) is 0 Å². The third kappa shape index (κ3) is 1.42. The number of fused-ring (bicyclic) bond motifs is 1. The first-order valence-corrected chi connectivity index (χ1v) is 4.11. The molecule has 0 aliphatic rings. The first-order chi connectivity index (χ1) is 6.42. The summed E-state index contributed by atoms with van der Waals surface area (Å²) in [6.45, 7) is 0. The third-order valence-electron chi connectivity index (χ3n) is 1.91. The van der Waals surface area contributed by atoms with Gasteiger partial charge in [0.05, 0.1) is 6.20 Å². The fraction of sp³-hybridized carbons (Fsp3) is 0.222. The van der Waals surface area contributed by atoms with E-state index in [1.165, 1.54) is 0 Å². The smallest absolute Gasteiger partial charge is 0.155 e. The second kappa shape index (κ2) is 3.35. The summed E-state index contributed by atoms with van der Waals surface area (Å²) in [5, 5.41) is 0. The van der Waals surface area contributed by atoms with Crippen molar-refractivity contribution in [3.63, 3.8) is 0 Å². The van der Waals surface area contributed by atoms with Gasteiger partial charge in [0, 0.05) is 30.7 Å². The van der Waals surface area contributed by atoms with E-state index in [4.69, 9.17) is 0 Å². The number of carbonyl (C=O) groups is 1. The molecular formula is C9H9N3O. The third-order valence-corrected chi connectivity index (χ3v) is 1.91. The van der Waals surface area contributed by atoms with Crippen LogP contribution >= 0.6 is 0 Å². The van der Waals surface area contributed by atoms with E-state index in [2.05, 4.69) is 9.97 Å². The maximum absolute atomic E-state index is 10.2. The topological polar surface area (TPSA) is 47.3 Å². The van der Waals surface area contributed by atoms with E-state index in [0.717, 1.165) is 24.0 Å². The van der Waals surface area contributed by atoms with Crippen molar-refractivity contribution in [2.24, 2.45) is 0 Å². The van der Waals surface area contributed by atoms with E-state index in [1.807, 2.05) is 10.6 Å². The van der Waals surface area contributed by atoms with Crippen LogP contribution in [0.15, 0.2) is 24.8 Å². The van der Waals surface area contributed by atoms with E-state index in [9.17, 15) is 4.79 Å². The Balaban J connectivity index is 2.40. The Labute approximate surface area is 75.2 Å². The van der Waals surface area contributed by atoms with Gasteiger partial charge in [0.2, 0.25) is 0 Å². The summed E-state index contributed by atoms with van der Waals surface area (Å²) in [5.74, 6) is 0. The number of hydrogen-bond donors (Lipinski definition) is 0. The van der Waals surface area contributed by atoms with Gasteiger partial charge < -0.3 is 9.20 Å². The van der Waals surface area contributed by atoms with Gasteiger partial charge in [-0.1, -0.05) is 0 Å². The van der Waals surface area contributed by atoms with Crippen molar-refractivity contribution in [3.8, 4) is 0 Å². The van der Waals surface area contributed by atoms with Gasteiger partial charge in [0.1, 0.15) is 6.29 Å². The van der Waals surface area contributed by atoms with Crippen LogP contribution in [0.5, 0.6) is 0 Å². The average molecular weight is 175 g/mol. The summed E-state index contributed by atoms with van der Waals surface area (Å²) in [4.78, 5) is 18.3. The molecule has 4 heteroatoms. The molecule has 2 aromatic rings. The highest BCUT2D eigenvalue weighted by atomic mass is 16.1. The largest absolute Gasteiger partial charge is 0.303 e. The molecule has 0 spiro atoms. The monoisotopic (exact) mass is 175 g/mol. The summed E-state index contributed by atoms with van der Waals surface area (Å²) in [5.41, 5.74) is 1.87. The predicted molar refractivity (Wildman–Crippen MR) is 47.4 cm³/mol. The van der Waals surface area contributed by atoms with Crippen molar-refractivity contribution in [1.29, 1.82) is 0 Å². The Bertz CT molecular complexity index is 421. The zero-order valence-corrected chi connectivity index (χ0v) is 7.05. The van der Waals surface area contributed by atoms with Crippen LogP contribution < -0.4 is 0 Å². The Morgan fingerprint density at radius 3 is 3.23 bits per heavy atom. The molecule has 2 aromatic heterocycles. The van der Waals surface area contributed by atoms with Crippen molar-refractivity contribution < 1.29 is 4.79 Å². The lowest BCUT2D eigenvalue weighted by molar-refractivity contribution is -0.107. The van der Waals surface area contributed by atoms with Gasteiger partial charge in [-0.3, -0.25) is 4.98 Å². The molecule has 0 saturated carbocycles. The quantitative estimate of drug-likeness (QED) is 0.650. The van der Waals surface area contributed by atoms with E-state index >= 15 is 0 Å². The molecule has 0 aliphatic heterocycles. The summed E-state index contributed by atoms with van der Waals surface area (Å²) in [7, 11) is 0. The fourth-order valence-electron chi connectivity index (χ4n) is 1.29. The molecular weight excluding hydrogens is 166 g/mol. The molecule has 0 atom stereocenters. The summed E-state index contributed by atoms with van der Waals surface area (Å²) in [6.07, 6.45) is 9.22. The molecule has 0 radical (unpaired) electrons. The standard InChI is InChI=1S/C9H9N3O/c13-5-1-2-8-6-11-9-7-10-3-4-12(8)9/h3-7H,1-2H2. The second-order valence-corrected chi connectivity index (χ2v) is 2.76. The number of aromatic nitrogens is 3. The lowest BCUT2D eigenvalue weighted by Gasteiger charge is -1.96. The van der Waals surface area contributed by atoms with Gasteiger partial charge >= 0.3 is 0 Å². The minimum Gasteiger partial charge on any atom is -0.303 e. The second-order valence-electron chi connectivity index (χ2n) is 2.76. The first kappa shape index (κ1) is 7.91. The van der Waals surface area contributed by atoms with Crippen molar-refractivity contribution in [2.75, 3.05) is 0 Å². The highest BCUT2D eigenvalue weighted by Gasteiger charge is 2.00. The van der Waals surface area contributed by atoms with E-state index in [-0.39, 0.29) is 0 Å². The van der Waals surface area contributed by atoms with Gasteiger partial charge in [-0.05, 0) is 6.42 Å². The maximum Gasteiger partial charge on any atom is 0.155 e. The molecule has 0 bridgehead atoms. The van der Waals surface area contributed by atoms with Crippen molar-refractivity contribution in [3.05, 3.63) is 30.5 Å². The zero-order chi connectivity index (χ0) is 9.10. The Kier molecular flexibility index (Phi) is 2.04. The van der Waals surface area contributed by atoms with Crippen molar-refractivity contribution in [1.82, 2.24) is 14.4 Å². The van der Waals surface area contributed by atoms with Crippen LogP contribution in [0.1, 0.15) is 12.1 Å². The van der Waals surface area contributed by atoms with Crippen LogP contribution in [0.4, 0.5) is 0 Å². The lowest BCUT2D eigenvalue weighted by Crippen LogP contribution is -1.93. The van der Waals surface area contributed by atoms with Crippen molar-refractivity contribution >= 4 is 11.9 Å². The number of hydrogen-bond acceptors (Lipinski definition) is 3. The Hall–Kier alpha value is -1.71. The van der Waals surface area contributed by atoms with Crippen LogP contribution in [0, 0.1) is 0 Å². The maximum atomic E-state index is 10.2. The minimum absolute atomic E-state index is 0.538. The average Bonchev–Trinajstić information content (AvgIpc) is 2.58. The number of aryl methyl sites for hydroxylation is 1. The van der Waals surface area contributed by atoms with Crippen LogP contribution in [0.25, 0.3) is 5.65 Å². The van der Waals surface area contributed by atoms with Gasteiger partial charge in [0.15, 0.2) is 5.65 Å². The number of nitrogens with zero attached hydrogens (tertiary/aromatic N) is 3. The van der Waals surface area contributed by atoms with E-state index < -0.39 is 0 Å². The van der Waals surface area contributed by atoms with Crippen LogP contribution in [0.3, 0.4) is 0 Å². The van der Waals surface area contributed by atoms with Gasteiger partial charge in [-0.2, -0.15) is 0 Å². The molecule has 0 aliphatic carbocycles. The highest BCUT2D eigenvalue weighted by molar-refractivity contribution is 5.50. The Morgan fingerprint density at radius 2 is 2.38 bits per heavy atom. The molecule has 2 rings (SSSR count). The highest BCUT2D eigenvalue weighted by Crippen LogP contribution is 2.05. The van der Waals surface area contributed by atoms with Gasteiger partial charge in [-0.25, -0.2) is 4.98 Å². The molecule has 0 unspecified atom stereocenters. The molecule has 4 nitrogen and oxygen atoms in total. The first-order valence-electron chi connectivity index (χ1n) is 4.11. The number of rotatable bonds is 3. The summed E-state index contributed by atoms with van der Waals surface area (Å²) >= 11 is 0. The molecule has 0 aromatic carbocycles. The van der Waals surface area contributed by atoms with Crippen molar-refractivity contribution in [2.45, 2.75) is 12.8 Å². The number of aldehydes is 1. The SMILES string of the molecule is O=CCCc1cnc2cnccn12. The van der Waals surface area contributed by atoms with Gasteiger partial charge in [-0.15, -0.1) is 0 Å². The van der Waals surface area contributed by atoms with Crippen LogP contribution in [-0.2, 0) is 11.2 Å². The molecule has 0 N–H and O–H groups in total. The summed E-state index contributed by atoms with van der Waals surface area (Å²) in [6, 6.07) is 0. The normalized spacial score (nSPS) is 10.5. The molecule has 0 fully saturated rings.